The van der Waals surface area contributed by atoms with Crippen LogP contribution in [0.1, 0.15) is 19.3 Å². The van der Waals surface area contributed by atoms with Crippen LogP contribution in [0.25, 0.3) is 0 Å². The number of alkyl halides is 3. The quantitative estimate of drug-likeness (QED) is 0.801. The molecule has 4 nitrogen and oxygen atoms in total. The Balaban J connectivity index is 1.70. The fourth-order valence-electron chi connectivity index (χ4n) is 3.31. The van der Waals surface area contributed by atoms with Crippen LogP contribution in [0.4, 0.5) is 13.2 Å². The summed E-state index contributed by atoms with van der Waals surface area (Å²) in [5.41, 5.74) is 0. The van der Waals surface area contributed by atoms with Crippen LogP contribution in [0.15, 0.2) is 0 Å². The third-order valence-electron chi connectivity index (χ3n) is 4.26. The van der Waals surface area contributed by atoms with Crippen molar-refractivity contribution >= 4 is 0 Å². The molecular formula is C14H26F3N3O. The summed E-state index contributed by atoms with van der Waals surface area (Å²) >= 11 is 0. The molecule has 21 heavy (non-hydrogen) atoms. The van der Waals surface area contributed by atoms with Crippen molar-refractivity contribution in [3.63, 3.8) is 0 Å². The van der Waals surface area contributed by atoms with Crippen molar-refractivity contribution in [2.45, 2.75) is 37.5 Å². The minimum Gasteiger partial charge on any atom is -0.383 e. The van der Waals surface area contributed by atoms with Gasteiger partial charge in [0.05, 0.1) is 13.2 Å². The number of likely N-dealkylation sites (tertiary alicyclic amines) is 2. The molecule has 2 heterocycles. The summed E-state index contributed by atoms with van der Waals surface area (Å²) < 4.78 is 42.2. The molecule has 0 spiro atoms. The van der Waals surface area contributed by atoms with Gasteiger partial charge in [0.2, 0.25) is 0 Å². The third-order valence-corrected chi connectivity index (χ3v) is 4.26. The van der Waals surface area contributed by atoms with Crippen molar-refractivity contribution in [3.05, 3.63) is 0 Å². The predicted molar refractivity (Wildman–Crippen MR) is 75.4 cm³/mol. The smallest absolute Gasteiger partial charge is 0.383 e. The highest BCUT2D eigenvalue weighted by Crippen LogP contribution is 2.21. The number of nitrogens with zero attached hydrogens (tertiary/aromatic N) is 2. The van der Waals surface area contributed by atoms with Gasteiger partial charge in [-0.1, -0.05) is 0 Å². The molecule has 1 N–H and O–H groups in total. The normalized spacial score (nSPS) is 29.1. The van der Waals surface area contributed by atoms with Gasteiger partial charge < -0.3 is 10.1 Å². The third kappa shape index (κ3) is 6.10. The van der Waals surface area contributed by atoms with E-state index in [1.54, 1.807) is 7.11 Å². The molecule has 0 amide bonds. The lowest BCUT2D eigenvalue weighted by Gasteiger charge is -2.34. The minimum absolute atomic E-state index is 0.194. The van der Waals surface area contributed by atoms with Crippen molar-refractivity contribution in [1.82, 2.24) is 15.1 Å². The zero-order valence-corrected chi connectivity index (χ0v) is 12.7. The predicted octanol–water partition coefficient (Wildman–Crippen LogP) is 1.32. The first kappa shape index (κ1) is 17.0. The Kier molecular flexibility index (Phi) is 6.28. The lowest BCUT2D eigenvalue weighted by molar-refractivity contribution is -0.143. The molecule has 7 heteroatoms. The summed E-state index contributed by atoms with van der Waals surface area (Å²) in [6.07, 6.45) is -1.03. The van der Waals surface area contributed by atoms with E-state index in [2.05, 4.69) is 10.2 Å². The maximum absolute atomic E-state index is 12.4. The van der Waals surface area contributed by atoms with E-state index in [1.807, 2.05) is 0 Å². The van der Waals surface area contributed by atoms with E-state index in [1.165, 1.54) is 4.90 Å². The molecule has 0 aromatic rings. The molecule has 0 aliphatic carbocycles. The monoisotopic (exact) mass is 309 g/mol. The van der Waals surface area contributed by atoms with Crippen LogP contribution in [0.5, 0.6) is 0 Å². The second kappa shape index (κ2) is 7.76. The molecule has 0 aromatic heterocycles. The van der Waals surface area contributed by atoms with Crippen LogP contribution >= 0.6 is 0 Å². The van der Waals surface area contributed by atoms with E-state index < -0.39 is 12.7 Å². The van der Waals surface area contributed by atoms with Crippen LogP contribution < -0.4 is 5.32 Å². The summed E-state index contributed by atoms with van der Waals surface area (Å²) in [7, 11) is 1.70. The maximum Gasteiger partial charge on any atom is 0.401 e. The topological polar surface area (TPSA) is 27.7 Å². The van der Waals surface area contributed by atoms with Gasteiger partial charge in [-0.2, -0.15) is 13.2 Å². The van der Waals surface area contributed by atoms with Gasteiger partial charge in [0.1, 0.15) is 0 Å². The Morgan fingerprint density at radius 2 is 1.81 bits per heavy atom. The number of ether oxygens (including phenoxy) is 1. The van der Waals surface area contributed by atoms with Crippen LogP contribution in [0.2, 0.25) is 0 Å². The van der Waals surface area contributed by atoms with Crippen molar-refractivity contribution in [2.75, 3.05) is 53.0 Å². The van der Waals surface area contributed by atoms with Crippen LogP contribution in [-0.4, -0.2) is 81.0 Å². The summed E-state index contributed by atoms with van der Waals surface area (Å²) in [6, 6.07) is 0.589. The van der Waals surface area contributed by atoms with Crippen LogP contribution in [-0.2, 0) is 4.74 Å². The van der Waals surface area contributed by atoms with Crippen molar-refractivity contribution in [1.29, 1.82) is 0 Å². The second-order valence-electron chi connectivity index (χ2n) is 6.14. The number of halogens is 3. The zero-order valence-electron chi connectivity index (χ0n) is 12.7. The molecule has 2 aliphatic heterocycles. The summed E-state index contributed by atoms with van der Waals surface area (Å²) in [5, 5.41) is 3.55. The molecule has 2 fully saturated rings. The fraction of sp³-hybridized carbons (Fsp3) is 1.00. The van der Waals surface area contributed by atoms with Gasteiger partial charge in [-0.3, -0.25) is 9.80 Å². The molecule has 0 radical (unpaired) electrons. The van der Waals surface area contributed by atoms with Crippen molar-refractivity contribution in [3.8, 4) is 0 Å². The highest BCUT2D eigenvalue weighted by atomic mass is 19.4. The molecule has 0 aromatic carbocycles. The number of methoxy groups -OCH3 is 1. The Morgan fingerprint density at radius 1 is 1.10 bits per heavy atom. The molecular weight excluding hydrogens is 283 g/mol. The second-order valence-corrected chi connectivity index (χ2v) is 6.14. The Bertz CT molecular complexity index is 314. The maximum atomic E-state index is 12.4. The number of rotatable bonds is 6. The fourth-order valence-corrected chi connectivity index (χ4v) is 3.31. The molecule has 0 bridgehead atoms. The molecule has 0 saturated carbocycles. The SMILES string of the molecule is COCCN1CCC[C@@H](N[C@H]2CCN(CC(F)(F)F)C2)C1. The van der Waals surface area contributed by atoms with E-state index in [-0.39, 0.29) is 6.04 Å². The number of hydrogen-bond acceptors (Lipinski definition) is 4. The minimum atomic E-state index is -4.09. The molecule has 2 rings (SSSR count). The van der Waals surface area contributed by atoms with Crippen molar-refractivity contribution in [2.24, 2.45) is 0 Å². The van der Waals surface area contributed by atoms with Gasteiger partial charge in [-0.05, 0) is 25.8 Å². The number of nitrogens with one attached hydrogen (secondary N) is 1. The Morgan fingerprint density at radius 3 is 2.52 bits per heavy atom. The van der Waals surface area contributed by atoms with E-state index in [0.29, 0.717) is 19.1 Å². The van der Waals surface area contributed by atoms with E-state index in [9.17, 15) is 13.2 Å². The van der Waals surface area contributed by atoms with Gasteiger partial charge in [0, 0.05) is 45.4 Å². The Hall–Kier alpha value is -0.370. The molecule has 0 unspecified atom stereocenters. The standard InChI is InChI=1S/C14H26F3N3O/c1-21-8-7-19-5-2-3-12(9-19)18-13-4-6-20(10-13)11-14(15,16)17/h12-13,18H,2-11H2,1H3/t12-,13+/m1/s1. The molecule has 2 atom stereocenters. The van der Waals surface area contributed by atoms with Gasteiger partial charge in [0.15, 0.2) is 0 Å². The lowest BCUT2D eigenvalue weighted by Crippen LogP contribution is -2.50. The van der Waals surface area contributed by atoms with Crippen LogP contribution in [0.3, 0.4) is 0 Å². The highest BCUT2D eigenvalue weighted by Gasteiger charge is 2.35. The van der Waals surface area contributed by atoms with Gasteiger partial charge in [-0.15, -0.1) is 0 Å². The lowest BCUT2D eigenvalue weighted by atomic mass is 10.0. The number of hydrogen-bond donors (Lipinski definition) is 1. The first-order valence-corrected chi connectivity index (χ1v) is 7.73. The average molecular weight is 309 g/mol. The first-order valence-electron chi connectivity index (χ1n) is 7.73. The van der Waals surface area contributed by atoms with Crippen molar-refractivity contribution < 1.29 is 17.9 Å². The van der Waals surface area contributed by atoms with E-state index in [4.69, 9.17) is 4.74 Å². The van der Waals surface area contributed by atoms with E-state index >= 15 is 0 Å². The molecule has 2 aliphatic rings. The summed E-state index contributed by atoms with van der Waals surface area (Å²) in [5.74, 6) is 0. The first-order chi connectivity index (χ1) is 9.96. The molecule has 2 saturated heterocycles. The number of piperidine rings is 1. The average Bonchev–Trinajstić information content (AvgIpc) is 2.81. The summed E-state index contributed by atoms with van der Waals surface area (Å²) in [6.45, 7) is 3.99. The molecule has 124 valence electrons. The van der Waals surface area contributed by atoms with Crippen LogP contribution in [0, 0.1) is 0 Å². The van der Waals surface area contributed by atoms with Gasteiger partial charge in [-0.25, -0.2) is 0 Å². The van der Waals surface area contributed by atoms with E-state index in [0.717, 1.165) is 45.5 Å². The van der Waals surface area contributed by atoms with Gasteiger partial charge >= 0.3 is 6.18 Å². The Labute approximate surface area is 124 Å². The zero-order chi connectivity index (χ0) is 15.3. The largest absolute Gasteiger partial charge is 0.401 e. The van der Waals surface area contributed by atoms with Gasteiger partial charge in [0.25, 0.3) is 0 Å². The highest BCUT2D eigenvalue weighted by molar-refractivity contribution is 4.87. The summed E-state index contributed by atoms with van der Waals surface area (Å²) in [4.78, 5) is 3.87.